The molecule has 1 aromatic carbocycles. The number of carbonyl (C=O) groups is 1. The Bertz CT molecular complexity index is 445. The van der Waals surface area contributed by atoms with Gasteiger partial charge < -0.3 is 15.7 Å². The molecule has 1 fully saturated rings. The van der Waals surface area contributed by atoms with Crippen LogP contribution >= 0.6 is 11.6 Å². The largest absolute Gasteiger partial charge is 0.391 e. The van der Waals surface area contributed by atoms with Crippen molar-refractivity contribution in [1.29, 1.82) is 0 Å². The van der Waals surface area contributed by atoms with Crippen molar-refractivity contribution in [3.63, 3.8) is 0 Å². The normalized spacial score (nSPS) is 22.9. The standard InChI is InChI=1S/C14H19ClN2O2/c1-9-5-4-6-10(15)13(9)17-14(19)16-11-7-2-3-8-12(11)18/h4-6,11-12,18H,2-3,7-8H2,1H3,(H2,16,17,19). The van der Waals surface area contributed by atoms with Gasteiger partial charge in [0.05, 0.1) is 22.9 Å². The molecular weight excluding hydrogens is 264 g/mol. The summed E-state index contributed by atoms with van der Waals surface area (Å²) in [7, 11) is 0. The molecule has 0 heterocycles. The highest BCUT2D eigenvalue weighted by Gasteiger charge is 2.24. The Kier molecular flexibility index (Phi) is 4.66. The van der Waals surface area contributed by atoms with Gasteiger partial charge in [-0.25, -0.2) is 4.79 Å². The summed E-state index contributed by atoms with van der Waals surface area (Å²) in [5, 5.41) is 15.9. The predicted octanol–water partition coefficient (Wildman–Crippen LogP) is 3.07. The van der Waals surface area contributed by atoms with E-state index < -0.39 is 6.10 Å². The van der Waals surface area contributed by atoms with Gasteiger partial charge in [0.1, 0.15) is 0 Å². The number of hydrogen-bond acceptors (Lipinski definition) is 2. The van der Waals surface area contributed by atoms with Crippen LogP contribution in [0.15, 0.2) is 18.2 Å². The number of nitrogens with one attached hydrogen (secondary N) is 2. The van der Waals surface area contributed by atoms with Gasteiger partial charge in [0.2, 0.25) is 0 Å². The van der Waals surface area contributed by atoms with Crippen molar-refractivity contribution >= 4 is 23.3 Å². The number of anilines is 1. The summed E-state index contributed by atoms with van der Waals surface area (Å²) in [5.74, 6) is 0. The van der Waals surface area contributed by atoms with Gasteiger partial charge in [-0.1, -0.05) is 36.6 Å². The van der Waals surface area contributed by atoms with E-state index in [2.05, 4.69) is 10.6 Å². The summed E-state index contributed by atoms with van der Waals surface area (Å²) in [6.07, 6.45) is 3.16. The molecular formula is C14H19ClN2O2. The second-order valence-electron chi connectivity index (χ2n) is 4.99. The molecule has 2 rings (SSSR count). The van der Waals surface area contributed by atoms with Crippen molar-refractivity contribution in [1.82, 2.24) is 5.32 Å². The number of para-hydroxylation sites is 1. The Morgan fingerprint density at radius 1 is 1.37 bits per heavy atom. The number of benzene rings is 1. The van der Waals surface area contributed by atoms with Crippen LogP contribution < -0.4 is 10.6 Å². The Labute approximate surface area is 118 Å². The van der Waals surface area contributed by atoms with Crippen LogP contribution in [0.4, 0.5) is 10.5 Å². The second-order valence-corrected chi connectivity index (χ2v) is 5.40. The molecule has 4 nitrogen and oxygen atoms in total. The maximum atomic E-state index is 11.9. The highest BCUT2D eigenvalue weighted by molar-refractivity contribution is 6.33. The van der Waals surface area contributed by atoms with Crippen LogP contribution in [-0.2, 0) is 0 Å². The van der Waals surface area contributed by atoms with Gasteiger partial charge in [-0.3, -0.25) is 0 Å². The average Bonchev–Trinajstić information content (AvgIpc) is 2.37. The zero-order chi connectivity index (χ0) is 13.8. The van der Waals surface area contributed by atoms with Crippen molar-refractivity contribution in [3.8, 4) is 0 Å². The number of urea groups is 1. The van der Waals surface area contributed by atoms with Gasteiger partial charge >= 0.3 is 6.03 Å². The molecule has 0 spiro atoms. The summed E-state index contributed by atoms with van der Waals surface area (Å²) >= 11 is 6.05. The van der Waals surface area contributed by atoms with Gasteiger partial charge in [0, 0.05) is 0 Å². The minimum absolute atomic E-state index is 0.170. The van der Waals surface area contributed by atoms with E-state index >= 15 is 0 Å². The number of carbonyl (C=O) groups excluding carboxylic acids is 1. The topological polar surface area (TPSA) is 61.4 Å². The van der Waals surface area contributed by atoms with E-state index in [-0.39, 0.29) is 12.1 Å². The smallest absolute Gasteiger partial charge is 0.319 e. The molecule has 0 aromatic heterocycles. The van der Waals surface area contributed by atoms with Crippen molar-refractivity contribution in [2.75, 3.05) is 5.32 Å². The maximum Gasteiger partial charge on any atom is 0.319 e. The highest BCUT2D eigenvalue weighted by Crippen LogP contribution is 2.25. The van der Waals surface area contributed by atoms with Crippen LogP contribution in [0.1, 0.15) is 31.2 Å². The molecule has 1 saturated carbocycles. The lowest BCUT2D eigenvalue weighted by atomic mass is 9.93. The lowest BCUT2D eigenvalue weighted by molar-refractivity contribution is 0.0955. The van der Waals surface area contributed by atoms with Crippen LogP contribution in [0.5, 0.6) is 0 Å². The zero-order valence-electron chi connectivity index (χ0n) is 10.9. The van der Waals surface area contributed by atoms with E-state index in [0.717, 1.165) is 31.2 Å². The third-order valence-electron chi connectivity index (χ3n) is 3.51. The van der Waals surface area contributed by atoms with E-state index in [1.807, 2.05) is 19.1 Å². The van der Waals surface area contributed by atoms with E-state index in [9.17, 15) is 9.90 Å². The number of aliphatic hydroxyl groups excluding tert-OH is 1. The van der Waals surface area contributed by atoms with Gasteiger partial charge in [-0.2, -0.15) is 0 Å². The van der Waals surface area contributed by atoms with Crippen LogP contribution in [0, 0.1) is 6.92 Å². The first kappa shape index (κ1) is 14.2. The minimum Gasteiger partial charge on any atom is -0.391 e. The SMILES string of the molecule is Cc1cccc(Cl)c1NC(=O)NC1CCCCC1O. The zero-order valence-corrected chi connectivity index (χ0v) is 11.7. The van der Waals surface area contributed by atoms with Crippen LogP contribution in [0.25, 0.3) is 0 Å². The monoisotopic (exact) mass is 282 g/mol. The summed E-state index contributed by atoms with van der Waals surface area (Å²) in [5.41, 5.74) is 1.53. The highest BCUT2D eigenvalue weighted by atomic mass is 35.5. The Morgan fingerprint density at radius 2 is 2.11 bits per heavy atom. The molecule has 2 atom stereocenters. The number of hydrogen-bond donors (Lipinski definition) is 3. The third kappa shape index (κ3) is 3.61. The molecule has 1 aliphatic rings. The average molecular weight is 283 g/mol. The minimum atomic E-state index is -0.452. The molecule has 0 aliphatic heterocycles. The fourth-order valence-corrected chi connectivity index (χ4v) is 2.66. The first-order valence-corrected chi connectivity index (χ1v) is 6.96. The maximum absolute atomic E-state index is 11.9. The summed E-state index contributed by atoms with van der Waals surface area (Å²) in [6, 6.07) is 4.97. The molecule has 104 valence electrons. The van der Waals surface area contributed by atoms with Crippen molar-refractivity contribution in [3.05, 3.63) is 28.8 Å². The fraction of sp³-hybridized carbons (Fsp3) is 0.500. The quantitative estimate of drug-likeness (QED) is 0.781. The van der Waals surface area contributed by atoms with Crippen molar-refractivity contribution in [2.45, 2.75) is 44.8 Å². The van der Waals surface area contributed by atoms with E-state index in [4.69, 9.17) is 11.6 Å². The molecule has 1 aliphatic carbocycles. The fourth-order valence-electron chi connectivity index (χ4n) is 2.39. The van der Waals surface area contributed by atoms with E-state index in [1.165, 1.54) is 0 Å². The molecule has 0 bridgehead atoms. The molecule has 5 heteroatoms. The van der Waals surface area contributed by atoms with Crippen LogP contribution in [-0.4, -0.2) is 23.3 Å². The van der Waals surface area contributed by atoms with Crippen LogP contribution in [0.3, 0.4) is 0 Å². The molecule has 19 heavy (non-hydrogen) atoms. The Hall–Kier alpha value is -1.26. The number of amides is 2. The molecule has 2 amide bonds. The van der Waals surface area contributed by atoms with Gasteiger partial charge in [-0.15, -0.1) is 0 Å². The number of halogens is 1. The predicted molar refractivity (Wildman–Crippen MR) is 76.6 cm³/mol. The summed E-state index contributed by atoms with van der Waals surface area (Å²) < 4.78 is 0. The van der Waals surface area contributed by atoms with Gasteiger partial charge in [0.15, 0.2) is 0 Å². The first-order chi connectivity index (χ1) is 9.08. The third-order valence-corrected chi connectivity index (χ3v) is 3.82. The number of aryl methyl sites for hydroxylation is 1. The number of aliphatic hydroxyl groups is 1. The van der Waals surface area contributed by atoms with Crippen molar-refractivity contribution in [2.24, 2.45) is 0 Å². The molecule has 3 N–H and O–H groups in total. The molecule has 0 saturated heterocycles. The van der Waals surface area contributed by atoms with Crippen LogP contribution in [0.2, 0.25) is 5.02 Å². The number of rotatable bonds is 2. The Morgan fingerprint density at radius 3 is 2.79 bits per heavy atom. The van der Waals surface area contributed by atoms with Gasteiger partial charge in [0.25, 0.3) is 0 Å². The molecule has 2 unspecified atom stereocenters. The lowest BCUT2D eigenvalue weighted by Crippen LogP contribution is -2.46. The molecule has 1 aromatic rings. The van der Waals surface area contributed by atoms with E-state index in [0.29, 0.717) is 10.7 Å². The lowest BCUT2D eigenvalue weighted by Gasteiger charge is -2.28. The van der Waals surface area contributed by atoms with E-state index in [1.54, 1.807) is 6.07 Å². The second kappa shape index (κ2) is 6.26. The Balaban J connectivity index is 1.97. The van der Waals surface area contributed by atoms with Gasteiger partial charge in [-0.05, 0) is 31.4 Å². The van der Waals surface area contributed by atoms with Crippen molar-refractivity contribution < 1.29 is 9.90 Å². The first-order valence-electron chi connectivity index (χ1n) is 6.58. The molecule has 0 radical (unpaired) electrons. The summed E-state index contributed by atoms with van der Waals surface area (Å²) in [4.78, 5) is 11.9. The summed E-state index contributed by atoms with van der Waals surface area (Å²) in [6.45, 7) is 1.89.